The van der Waals surface area contributed by atoms with Gasteiger partial charge in [-0.3, -0.25) is 4.79 Å². The number of nitrogens with zero attached hydrogens (tertiary/aromatic N) is 1. The van der Waals surface area contributed by atoms with Crippen LogP contribution in [-0.4, -0.2) is 35.1 Å². The Morgan fingerprint density at radius 3 is 2.63 bits per heavy atom. The highest BCUT2D eigenvalue weighted by atomic mass is 19.2. The van der Waals surface area contributed by atoms with Crippen LogP contribution in [0.2, 0.25) is 0 Å². The molecule has 1 aromatic carbocycles. The third-order valence-corrected chi connectivity index (χ3v) is 2.30. The number of amides is 2. The zero-order valence-electron chi connectivity index (χ0n) is 10.3. The van der Waals surface area contributed by atoms with Crippen LogP contribution in [0.5, 0.6) is 0 Å². The van der Waals surface area contributed by atoms with E-state index >= 15 is 0 Å². The van der Waals surface area contributed by atoms with E-state index in [1.807, 2.05) is 0 Å². The van der Waals surface area contributed by atoms with E-state index in [0.717, 1.165) is 11.0 Å². The van der Waals surface area contributed by atoms with Crippen molar-refractivity contribution in [3.63, 3.8) is 0 Å². The molecule has 2 amide bonds. The number of aliphatic carboxylic acids is 1. The van der Waals surface area contributed by atoms with E-state index in [9.17, 15) is 18.4 Å². The van der Waals surface area contributed by atoms with E-state index in [1.54, 1.807) is 6.92 Å². The first kappa shape index (κ1) is 14.9. The number of urea groups is 1. The predicted molar refractivity (Wildman–Crippen MR) is 64.9 cm³/mol. The van der Waals surface area contributed by atoms with Gasteiger partial charge in [-0.05, 0) is 18.6 Å². The molecule has 19 heavy (non-hydrogen) atoms. The first-order valence-corrected chi connectivity index (χ1v) is 5.67. The Hall–Kier alpha value is -2.18. The van der Waals surface area contributed by atoms with Crippen LogP contribution in [0.3, 0.4) is 0 Å². The SMILES string of the molecule is CCCN(CC(=O)O)C(=O)Nc1cccc(F)c1F. The molecule has 104 valence electrons. The number of rotatable bonds is 5. The molecule has 0 bridgehead atoms. The Labute approximate surface area is 108 Å². The van der Waals surface area contributed by atoms with Crippen LogP contribution in [0.1, 0.15) is 13.3 Å². The number of carbonyl (C=O) groups excluding carboxylic acids is 1. The van der Waals surface area contributed by atoms with E-state index in [-0.39, 0.29) is 12.2 Å². The molecule has 0 aliphatic carbocycles. The summed E-state index contributed by atoms with van der Waals surface area (Å²) in [5.41, 5.74) is -0.323. The van der Waals surface area contributed by atoms with Crippen LogP contribution >= 0.6 is 0 Å². The summed E-state index contributed by atoms with van der Waals surface area (Å²) in [5.74, 6) is -3.44. The molecule has 0 heterocycles. The number of carboxylic acid groups (broad SMARTS) is 1. The Morgan fingerprint density at radius 1 is 1.37 bits per heavy atom. The van der Waals surface area contributed by atoms with E-state index in [4.69, 9.17) is 5.11 Å². The van der Waals surface area contributed by atoms with Crippen molar-refractivity contribution in [1.82, 2.24) is 4.90 Å². The monoisotopic (exact) mass is 272 g/mol. The van der Waals surface area contributed by atoms with Crippen molar-refractivity contribution in [2.45, 2.75) is 13.3 Å². The number of carboxylic acids is 1. The minimum atomic E-state index is -1.18. The van der Waals surface area contributed by atoms with Crippen LogP contribution in [0, 0.1) is 11.6 Å². The van der Waals surface area contributed by atoms with Crippen LogP contribution in [0.25, 0.3) is 0 Å². The maximum absolute atomic E-state index is 13.3. The van der Waals surface area contributed by atoms with Gasteiger partial charge in [0.1, 0.15) is 6.54 Å². The summed E-state index contributed by atoms with van der Waals surface area (Å²) in [6.07, 6.45) is 0.548. The molecule has 0 fully saturated rings. The predicted octanol–water partition coefficient (Wildman–Crippen LogP) is 2.29. The number of carbonyl (C=O) groups is 2. The van der Waals surface area contributed by atoms with Crippen molar-refractivity contribution in [3.8, 4) is 0 Å². The van der Waals surface area contributed by atoms with Gasteiger partial charge in [-0.1, -0.05) is 13.0 Å². The van der Waals surface area contributed by atoms with Crippen molar-refractivity contribution < 1.29 is 23.5 Å². The fourth-order valence-corrected chi connectivity index (χ4v) is 1.48. The average molecular weight is 272 g/mol. The van der Waals surface area contributed by atoms with E-state index in [0.29, 0.717) is 6.42 Å². The Balaban J connectivity index is 2.81. The highest BCUT2D eigenvalue weighted by Gasteiger charge is 2.18. The lowest BCUT2D eigenvalue weighted by atomic mass is 10.3. The number of benzene rings is 1. The molecule has 5 nitrogen and oxygen atoms in total. The number of hydrogen-bond acceptors (Lipinski definition) is 2. The van der Waals surface area contributed by atoms with Gasteiger partial charge < -0.3 is 15.3 Å². The topological polar surface area (TPSA) is 69.6 Å². The number of nitrogens with one attached hydrogen (secondary N) is 1. The maximum atomic E-state index is 13.3. The van der Waals surface area contributed by atoms with E-state index in [2.05, 4.69) is 5.32 Å². The zero-order valence-corrected chi connectivity index (χ0v) is 10.3. The first-order chi connectivity index (χ1) is 8.95. The van der Waals surface area contributed by atoms with Gasteiger partial charge in [-0.15, -0.1) is 0 Å². The lowest BCUT2D eigenvalue weighted by Crippen LogP contribution is -2.39. The lowest BCUT2D eigenvalue weighted by Gasteiger charge is -2.20. The van der Waals surface area contributed by atoms with Gasteiger partial charge in [0.25, 0.3) is 0 Å². The molecule has 1 aromatic rings. The summed E-state index contributed by atoms with van der Waals surface area (Å²) in [4.78, 5) is 23.4. The average Bonchev–Trinajstić information content (AvgIpc) is 2.34. The van der Waals surface area contributed by atoms with Crippen LogP contribution in [0.4, 0.5) is 19.3 Å². The third kappa shape index (κ3) is 4.20. The van der Waals surface area contributed by atoms with Crippen LogP contribution in [-0.2, 0) is 4.79 Å². The Morgan fingerprint density at radius 2 is 2.05 bits per heavy atom. The van der Waals surface area contributed by atoms with E-state index < -0.39 is 30.2 Å². The van der Waals surface area contributed by atoms with Crippen molar-refractivity contribution in [3.05, 3.63) is 29.8 Å². The quantitative estimate of drug-likeness (QED) is 0.864. The number of halogens is 2. The second kappa shape index (κ2) is 6.67. The maximum Gasteiger partial charge on any atom is 0.323 e. The summed E-state index contributed by atoms with van der Waals surface area (Å²) in [6.45, 7) is 1.47. The Bertz CT molecular complexity index is 480. The second-order valence-electron chi connectivity index (χ2n) is 3.85. The first-order valence-electron chi connectivity index (χ1n) is 5.67. The zero-order chi connectivity index (χ0) is 14.4. The van der Waals surface area contributed by atoms with Gasteiger partial charge >= 0.3 is 12.0 Å². The van der Waals surface area contributed by atoms with Gasteiger partial charge in [0, 0.05) is 6.54 Å². The van der Waals surface area contributed by atoms with Crippen molar-refractivity contribution >= 4 is 17.7 Å². The van der Waals surface area contributed by atoms with Gasteiger partial charge in [0.05, 0.1) is 5.69 Å². The lowest BCUT2D eigenvalue weighted by molar-refractivity contribution is -0.137. The molecular weight excluding hydrogens is 258 g/mol. The summed E-state index contributed by atoms with van der Waals surface area (Å²) in [7, 11) is 0. The molecule has 0 saturated heterocycles. The summed E-state index contributed by atoms with van der Waals surface area (Å²) in [6, 6.07) is 2.58. The fourth-order valence-electron chi connectivity index (χ4n) is 1.48. The number of anilines is 1. The smallest absolute Gasteiger partial charge is 0.323 e. The normalized spacial score (nSPS) is 10.1. The van der Waals surface area contributed by atoms with Gasteiger partial charge in [0.15, 0.2) is 11.6 Å². The molecule has 2 N–H and O–H groups in total. The minimum absolute atomic E-state index is 0.203. The molecule has 0 spiro atoms. The standard InChI is InChI=1S/C12H14F2N2O3/c1-2-6-16(7-10(17)18)12(19)15-9-5-3-4-8(13)11(9)14/h3-5H,2,6-7H2,1H3,(H,15,19)(H,17,18). The van der Waals surface area contributed by atoms with Crippen LogP contribution < -0.4 is 5.32 Å². The van der Waals surface area contributed by atoms with Crippen molar-refractivity contribution in [2.24, 2.45) is 0 Å². The van der Waals surface area contributed by atoms with Crippen molar-refractivity contribution in [1.29, 1.82) is 0 Å². The fraction of sp³-hybridized carbons (Fsp3) is 0.333. The highest BCUT2D eigenvalue weighted by Crippen LogP contribution is 2.17. The Kier molecular flexibility index (Phi) is 5.23. The number of hydrogen-bond donors (Lipinski definition) is 2. The molecule has 0 radical (unpaired) electrons. The van der Waals surface area contributed by atoms with Gasteiger partial charge in [-0.25, -0.2) is 13.6 Å². The molecular formula is C12H14F2N2O3. The largest absolute Gasteiger partial charge is 0.480 e. The molecule has 1 rings (SSSR count). The molecule has 0 atom stereocenters. The van der Waals surface area contributed by atoms with Gasteiger partial charge in [-0.2, -0.15) is 0 Å². The third-order valence-electron chi connectivity index (χ3n) is 2.30. The molecule has 7 heteroatoms. The highest BCUT2D eigenvalue weighted by molar-refractivity contribution is 5.91. The van der Waals surface area contributed by atoms with Crippen molar-refractivity contribution in [2.75, 3.05) is 18.4 Å². The summed E-state index contributed by atoms with van der Waals surface area (Å²) < 4.78 is 26.3. The minimum Gasteiger partial charge on any atom is -0.480 e. The molecule has 0 aliphatic heterocycles. The summed E-state index contributed by atoms with van der Waals surface area (Å²) in [5, 5.41) is 10.8. The molecule has 0 unspecified atom stereocenters. The molecule has 0 aromatic heterocycles. The van der Waals surface area contributed by atoms with Gasteiger partial charge in [0.2, 0.25) is 0 Å². The van der Waals surface area contributed by atoms with E-state index in [1.165, 1.54) is 12.1 Å². The molecule has 0 saturated carbocycles. The summed E-state index contributed by atoms with van der Waals surface area (Å²) >= 11 is 0. The second-order valence-corrected chi connectivity index (χ2v) is 3.85. The van der Waals surface area contributed by atoms with Crippen LogP contribution in [0.15, 0.2) is 18.2 Å². The molecule has 0 aliphatic rings.